The Hall–Kier alpha value is -4.13. The van der Waals surface area contributed by atoms with Crippen molar-refractivity contribution in [2.45, 2.75) is 81.5 Å². The number of rotatable bonds is 10. The summed E-state index contributed by atoms with van der Waals surface area (Å²) < 4.78 is 54.3. The second-order valence-corrected chi connectivity index (χ2v) is 12.4. The minimum absolute atomic E-state index is 0.0493. The van der Waals surface area contributed by atoms with Gasteiger partial charge in [-0.2, -0.15) is 28.5 Å². The van der Waals surface area contributed by atoms with Gasteiger partial charge in [0.2, 0.25) is 11.7 Å². The van der Waals surface area contributed by atoms with E-state index in [1.54, 1.807) is 6.20 Å². The second kappa shape index (κ2) is 12.6. The summed E-state index contributed by atoms with van der Waals surface area (Å²) in [7, 11) is 0. The van der Waals surface area contributed by atoms with Gasteiger partial charge in [-0.15, -0.1) is 0 Å². The number of hydrogen-bond donors (Lipinski definition) is 2. The number of nitriles is 1. The molecule has 15 heteroatoms. The van der Waals surface area contributed by atoms with Crippen LogP contribution in [0.1, 0.15) is 56.5 Å². The van der Waals surface area contributed by atoms with Gasteiger partial charge in [-0.3, -0.25) is 9.58 Å². The summed E-state index contributed by atoms with van der Waals surface area (Å²) in [5.41, 5.74) is 2.20. The van der Waals surface area contributed by atoms with Gasteiger partial charge in [-0.05, 0) is 44.6 Å². The van der Waals surface area contributed by atoms with Gasteiger partial charge in [0, 0.05) is 68.2 Å². The predicted molar refractivity (Wildman–Crippen MR) is 159 cm³/mol. The summed E-state index contributed by atoms with van der Waals surface area (Å²) in [4.78, 5) is 21.6. The molecule has 2 saturated heterocycles. The Kier molecular flexibility index (Phi) is 8.35. The smallest absolute Gasteiger partial charge is 0.451 e. The maximum atomic E-state index is 13.6. The zero-order valence-corrected chi connectivity index (χ0v) is 25.2. The molecule has 0 bridgehead atoms. The van der Waals surface area contributed by atoms with Crippen LogP contribution in [0.5, 0.6) is 5.88 Å². The Balaban J connectivity index is 0.959. The number of ether oxygens (including phenoxy) is 2. The minimum Gasteiger partial charge on any atom is -0.474 e. The van der Waals surface area contributed by atoms with Crippen molar-refractivity contribution in [3.63, 3.8) is 0 Å². The van der Waals surface area contributed by atoms with Crippen molar-refractivity contribution in [2.75, 3.05) is 26.2 Å². The largest absolute Gasteiger partial charge is 0.474 e. The Bertz CT molecular complexity index is 1700. The van der Waals surface area contributed by atoms with Crippen LogP contribution in [-0.4, -0.2) is 84.1 Å². The lowest BCUT2D eigenvalue weighted by molar-refractivity contribution is -0.145. The van der Waals surface area contributed by atoms with Crippen molar-refractivity contribution >= 4 is 11.0 Å². The molecule has 1 saturated carbocycles. The molecule has 12 nitrogen and oxygen atoms in total. The fourth-order valence-corrected chi connectivity index (χ4v) is 6.88. The molecule has 4 aromatic heterocycles. The number of H-pyrrole nitrogens is 1. The van der Waals surface area contributed by atoms with Crippen LogP contribution in [0.25, 0.3) is 22.3 Å². The molecule has 0 unspecified atom stereocenters. The first kappa shape index (κ1) is 30.5. The first-order valence-electron chi connectivity index (χ1n) is 15.7. The SMILES string of the molecule is N#CCC1(n2cc(-c3ncnc4[nH]ccc34)cn2)CN(C2CCC(Oc3cc(CNC[C@@H]4CCCO4)nc(C(F)(F)F)n3)CC2)C1. The molecular weight excluding hydrogens is 601 g/mol. The van der Waals surface area contributed by atoms with Crippen LogP contribution in [0.4, 0.5) is 13.2 Å². The number of likely N-dealkylation sites (tertiary alicyclic amines) is 1. The number of nitrogens with one attached hydrogen (secondary N) is 2. The molecule has 1 atom stereocenters. The number of hydrogen-bond acceptors (Lipinski definition) is 10. The lowest BCUT2D eigenvalue weighted by Crippen LogP contribution is -2.65. The highest BCUT2D eigenvalue weighted by Crippen LogP contribution is 2.39. The maximum Gasteiger partial charge on any atom is 0.451 e. The standard InChI is InChI=1S/C31H35F3N10O2/c32-31(33,34)29-41-21(14-36-15-24-2-1-11-45-24)12-26(42-29)46-23-5-3-22(4-6-23)43-17-30(18-43,8-9-35)44-16-20(13-40-44)27-25-7-10-37-28(25)39-19-38-27/h7,10,12-13,16,19,22-24,36H,1-6,8,11,14-15,17-18H2,(H,37,38,39)/t22?,23?,24-/m0/s1. The van der Waals surface area contributed by atoms with Crippen molar-refractivity contribution in [3.8, 4) is 23.2 Å². The highest BCUT2D eigenvalue weighted by molar-refractivity contribution is 5.90. The van der Waals surface area contributed by atoms with E-state index in [0.29, 0.717) is 45.5 Å². The van der Waals surface area contributed by atoms with Crippen LogP contribution in [-0.2, 0) is 23.0 Å². The molecule has 242 valence electrons. The first-order chi connectivity index (χ1) is 22.3. The van der Waals surface area contributed by atoms with E-state index in [0.717, 1.165) is 48.0 Å². The zero-order chi connectivity index (χ0) is 31.7. The van der Waals surface area contributed by atoms with E-state index < -0.39 is 17.5 Å². The van der Waals surface area contributed by atoms with Crippen LogP contribution in [0.2, 0.25) is 0 Å². The molecule has 46 heavy (non-hydrogen) atoms. The van der Waals surface area contributed by atoms with Crippen molar-refractivity contribution in [2.24, 2.45) is 0 Å². The van der Waals surface area contributed by atoms with Crippen molar-refractivity contribution < 1.29 is 22.6 Å². The molecule has 6 heterocycles. The molecule has 0 radical (unpaired) electrons. The number of fused-ring (bicyclic) bond motifs is 1. The molecule has 3 fully saturated rings. The molecular formula is C31H35F3N10O2. The van der Waals surface area contributed by atoms with Gasteiger partial charge < -0.3 is 19.8 Å². The van der Waals surface area contributed by atoms with E-state index in [1.807, 2.05) is 23.1 Å². The first-order valence-corrected chi connectivity index (χ1v) is 15.7. The summed E-state index contributed by atoms with van der Waals surface area (Å²) in [5, 5.41) is 18.4. The third kappa shape index (κ3) is 6.29. The summed E-state index contributed by atoms with van der Waals surface area (Å²) in [5.74, 6) is -1.24. The number of aromatic amines is 1. The molecule has 0 aromatic carbocycles. The normalized spacial score (nSPS) is 23.3. The van der Waals surface area contributed by atoms with Crippen molar-refractivity contribution in [3.05, 3.63) is 48.6 Å². The number of nitrogens with zero attached hydrogens (tertiary/aromatic N) is 8. The summed E-state index contributed by atoms with van der Waals surface area (Å²) in [6.07, 6.45) is 7.53. The van der Waals surface area contributed by atoms with Crippen LogP contribution in [0.15, 0.2) is 37.1 Å². The number of alkyl halides is 3. The Morgan fingerprint density at radius 2 is 2.00 bits per heavy atom. The van der Waals surface area contributed by atoms with Crippen LogP contribution in [0, 0.1) is 11.3 Å². The predicted octanol–water partition coefficient (Wildman–Crippen LogP) is 4.21. The molecule has 2 N–H and O–H groups in total. The fourth-order valence-electron chi connectivity index (χ4n) is 6.88. The molecule has 4 aromatic rings. The van der Waals surface area contributed by atoms with E-state index in [-0.39, 0.29) is 36.4 Å². The highest BCUT2D eigenvalue weighted by Gasteiger charge is 2.48. The molecule has 0 spiro atoms. The quantitative estimate of drug-likeness (QED) is 0.260. The van der Waals surface area contributed by atoms with Gasteiger partial charge in [-0.1, -0.05) is 0 Å². The Morgan fingerprint density at radius 3 is 2.76 bits per heavy atom. The van der Waals surface area contributed by atoms with Crippen LogP contribution < -0.4 is 10.1 Å². The van der Waals surface area contributed by atoms with Crippen LogP contribution >= 0.6 is 0 Å². The molecule has 0 amide bonds. The van der Waals surface area contributed by atoms with Crippen molar-refractivity contribution in [1.82, 2.24) is 44.9 Å². The van der Waals surface area contributed by atoms with Gasteiger partial charge in [0.15, 0.2) is 0 Å². The lowest BCUT2D eigenvalue weighted by atomic mass is 9.82. The highest BCUT2D eigenvalue weighted by atomic mass is 19.4. The Morgan fingerprint density at radius 1 is 1.15 bits per heavy atom. The van der Waals surface area contributed by atoms with E-state index in [2.05, 4.69) is 46.3 Å². The van der Waals surface area contributed by atoms with Gasteiger partial charge >= 0.3 is 6.18 Å². The Labute approximate surface area is 263 Å². The second-order valence-electron chi connectivity index (χ2n) is 12.4. The van der Waals surface area contributed by atoms with Gasteiger partial charge in [0.05, 0.1) is 36.2 Å². The van der Waals surface area contributed by atoms with Crippen molar-refractivity contribution in [1.29, 1.82) is 5.26 Å². The summed E-state index contributed by atoms with van der Waals surface area (Å²) >= 11 is 0. The zero-order valence-electron chi connectivity index (χ0n) is 25.2. The van der Waals surface area contributed by atoms with E-state index in [9.17, 15) is 18.4 Å². The third-order valence-electron chi connectivity index (χ3n) is 9.26. The molecule has 7 rings (SSSR count). The molecule has 1 aliphatic carbocycles. The van der Waals surface area contributed by atoms with E-state index in [1.165, 1.54) is 12.4 Å². The van der Waals surface area contributed by atoms with Gasteiger partial charge in [0.25, 0.3) is 0 Å². The minimum atomic E-state index is -4.67. The van der Waals surface area contributed by atoms with Gasteiger partial charge in [-0.25, -0.2) is 15.0 Å². The van der Waals surface area contributed by atoms with Crippen LogP contribution in [0.3, 0.4) is 0 Å². The average Bonchev–Trinajstić information content (AvgIpc) is 3.81. The summed E-state index contributed by atoms with van der Waals surface area (Å²) in [6, 6.07) is 6.06. The third-order valence-corrected chi connectivity index (χ3v) is 9.26. The number of halogens is 3. The summed E-state index contributed by atoms with van der Waals surface area (Å²) in [6.45, 7) is 2.80. The lowest BCUT2D eigenvalue weighted by Gasteiger charge is -2.53. The topological polar surface area (TPSA) is 143 Å². The van der Waals surface area contributed by atoms with Gasteiger partial charge in [0.1, 0.15) is 23.6 Å². The number of aromatic nitrogens is 7. The monoisotopic (exact) mass is 636 g/mol. The molecule has 2 aliphatic heterocycles. The average molecular weight is 637 g/mol. The fraction of sp³-hybridized carbons (Fsp3) is 0.548. The van der Waals surface area contributed by atoms with E-state index in [4.69, 9.17) is 9.47 Å². The maximum absolute atomic E-state index is 13.6. The van der Waals surface area contributed by atoms with E-state index >= 15 is 0 Å². The molecule has 3 aliphatic rings.